The second-order valence-electron chi connectivity index (χ2n) is 5.42. The number of ether oxygens (including phenoxy) is 1. The lowest BCUT2D eigenvalue weighted by molar-refractivity contribution is -0.221. The van der Waals surface area contributed by atoms with Crippen LogP contribution < -0.4 is 5.32 Å². The van der Waals surface area contributed by atoms with Crippen molar-refractivity contribution in [3.63, 3.8) is 0 Å². The van der Waals surface area contributed by atoms with Gasteiger partial charge in [0.2, 0.25) is 0 Å². The molecule has 0 bridgehead atoms. The molecular formula is C16H19NO5. The molecule has 1 aliphatic heterocycles. The van der Waals surface area contributed by atoms with Crippen LogP contribution >= 0.6 is 0 Å². The first kappa shape index (κ1) is 15.2. The summed E-state index contributed by atoms with van der Waals surface area (Å²) in [6.07, 6.45) is -5.91. The summed E-state index contributed by atoms with van der Waals surface area (Å²) < 4.78 is 5.46. The van der Waals surface area contributed by atoms with Crippen molar-refractivity contribution < 1.29 is 25.2 Å². The first-order valence-electron chi connectivity index (χ1n) is 7.16. The zero-order valence-electron chi connectivity index (χ0n) is 11.8. The zero-order valence-corrected chi connectivity index (χ0v) is 11.8. The van der Waals surface area contributed by atoms with Crippen LogP contribution in [-0.2, 0) is 4.74 Å². The molecule has 0 aromatic heterocycles. The largest absolute Gasteiger partial charge is 0.394 e. The van der Waals surface area contributed by atoms with Gasteiger partial charge in [0, 0.05) is 11.1 Å². The second kappa shape index (κ2) is 6.20. The number of benzene rings is 2. The highest BCUT2D eigenvalue weighted by atomic mass is 16.6. The molecule has 2 aromatic rings. The van der Waals surface area contributed by atoms with E-state index in [0.717, 1.165) is 16.5 Å². The molecule has 6 nitrogen and oxygen atoms in total. The fourth-order valence-corrected chi connectivity index (χ4v) is 2.73. The number of fused-ring (bicyclic) bond motifs is 1. The van der Waals surface area contributed by atoms with E-state index < -0.39 is 37.3 Å². The summed E-state index contributed by atoms with van der Waals surface area (Å²) in [4.78, 5) is 0. The van der Waals surface area contributed by atoms with Crippen molar-refractivity contribution in [3.05, 3.63) is 42.5 Å². The summed E-state index contributed by atoms with van der Waals surface area (Å²) >= 11 is 0. The molecule has 0 saturated carbocycles. The summed E-state index contributed by atoms with van der Waals surface area (Å²) in [6, 6.07) is 13.4. The van der Waals surface area contributed by atoms with E-state index in [9.17, 15) is 20.4 Å². The third kappa shape index (κ3) is 2.67. The van der Waals surface area contributed by atoms with E-state index in [0.29, 0.717) is 0 Å². The van der Waals surface area contributed by atoms with E-state index >= 15 is 0 Å². The molecule has 3 rings (SSSR count). The summed E-state index contributed by atoms with van der Waals surface area (Å²) in [6.45, 7) is -0.446. The van der Waals surface area contributed by atoms with Crippen molar-refractivity contribution in [2.75, 3.05) is 11.9 Å². The molecule has 5 N–H and O–H groups in total. The van der Waals surface area contributed by atoms with Crippen molar-refractivity contribution in [1.29, 1.82) is 0 Å². The Bertz CT molecular complexity index is 642. The molecule has 1 fully saturated rings. The molecule has 118 valence electrons. The molecule has 0 aliphatic carbocycles. The molecular weight excluding hydrogens is 286 g/mol. The Morgan fingerprint density at radius 3 is 2.41 bits per heavy atom. The summed E-state index contributed by atoms with van der Waals surface area (Å²) in [5.74, 6) is 0. The summed E-state index contributed by atoms with van der Waals surface area (Å²) in [5.41, 5.74) is 0.738. The second-order valence-corrected chi connectivity index (χ2v) is 5.42. The monoisotopic (exact) mass is 305 g/mol. The Morgan fingerprint density at radius 1 is 0.909 bits per heavy atom. The number of hydrogen-bond donors (Lipinski definition) is 5. The number of aliphatic hydroxyl groups is 4. The van der Waals surface area contributed by atoms with E-state index in [1.165, 1.54) is 0 Å². The number of aliphatic hydroxyl groups excluding tert-OH is 4. The van der Waals surface area contributed by atoms with Gasteiger partial charge in [-0.15, -0.1) is 0 Å². The van der Waals surface area contributed by atoms with Crippen LogP contribution in [0.2, 0.25) is 0 Å². The molecule has 0 unspecified atom stereocenters. The van der Waals surface area contributed by atoms with E-state index in [1.807, 2.05) is 42.5 Å². The molecule has 6 heteroatoms. The fourth-order valence-electron chi connectivity index (χ4n) is 2.73. The summed E-state index contributed by atoms with van der Waals surface area (Å²) in [5, 5.41) is 43.9. The smallest absolute Gasteiger partial charge is 0.157 e. The molecule has 0 radical (unpaired) electrons. The number of nitrogens with one attached hydrogen (secondary N) is 1. The standard InChI is InChI=1S/C16H19NO5/c18-8-12-13(19)14(20)15(21)16(22-12)17-11-7-3-5-9-4-1-2-6-10(9)11/h1-7,12-21H,8H2/t12-,13+,14+,15+,16-/m0/s1. The molecule has 2 aromatic carbocycles. The molecule has 0 amide bonds. The van der Waals surface area contributed by atoms with Gasteiger partial charge in [-0.2, -0.15) is 0 Å². The third-order valence-electron chi connectivity index (χ3n) is 3.98. The Balaban J connectivity index is 1.87. The minimum Gasteiger partial charge on any atom is -0.394 e. The van der Waals surface area contributed by atoms with Gasteiger partial charge in [-0.1, -0.05) is 36.4 Å². The predicted octanol–water partition coefficient (Wildman–Crippen LogP) is 0.0516. The van der Waals surface area contributed by atoms with Crippen LogP contribution in [0.5, 0.6) is 0 Å². The van der Waals surface area contributed by atoms with Gasteiger partial charge in [-0.05, 0) is 11.5 Å². The summed E-state index contributed by atoms with van der Waals surface area (Å²) in [7, 11) is 0. The molecule has 1 aliphatic rings. The van der Waals surface area contributed by atoms with Crippen molar-refractivity contribution in [2.45, 2.75) is 30.6 Å². The van der Waals surface area contributed by atoms with Crippen molar-refractivity contribution in [1.82, 2.24) is 0 Å². The van der Waals surface area contributed by atoms with Gasteiger partial charge < -0.3 is 30.5 Å². The maximum atomic E-state index is 10.1. The molecule has 0 spiro atoms. The van der Waals surface area contributed by atoms with Crippen molar-refractivity contribution in [3.8, 4) is 0 Å². The van der Waals surface area contributed by atoms with Crippen LogP contribution in [0.4, 0.5) is 5.69 Å². The van der Waals surface area contributed by atoms with Gasteiger partial charge >= 0.3 is 0 Å². The van der Waals surface area contributed by atoms with Crippen LogP contribution in [-0.4, -0.2) is 57.7 Å². The average molecular weight is 305 g/mol. The normalized spacial score (nSPS) is 32.1. The highest BCUT2D eigenvalue weighted by Gasteiger charge is 2.43. The Labute approximate surface area is 127 Å². The van der Waals surface area contributed by atoms with Gasteiger partial charge in [-0.25, -0.2) is 0 Å². The lowest BCUT2D eigenvalue weighted by Crippen LogP contribution is -2.60. The lowest BCUT2D eigenvalue weighted by Gasteiger charge is -2.40. The van der Waals surface area contributed by atoms with E-state index in [1.54, 1.807) is 0 Å². The van der Waals surface area contributed by atoms with E-state index in [2.05, 4.69) is 5.32 Å². The van der Waals surface area contributed by atoms with Crippen molar-refractivity contribution in [2.24, 2.45) is 0 Å². The maximum Gasteiger partial charge on any atom is 0.157 e. The van der Waals surface area contributed by atoms with Crippen LogP contribution in [0.3, 0.4) is 0 Å². The molecule has 22 heavy (non-hydrogen) atoms. The predicted molar refractivity (Wildman–Crippen MR) is 81.3 cm³/mol. The SMILES string of the molecule is OC[C@@H]1O[C@H](Nc2cccc3ccccc23)[C@H](O)[C@H](O)[C@@H]1O. The quantitative estimate of drug-likeness (QED) is 0.549. The maximum absolute atomic E-state index is 10.1. The number of anilines is 1. The molecule has 5 atom stereocenters. The fraction of sp³-hybridized carbons (Fsp3) is 0.375. The van der Waals surface area contributed by atoms with Gasteiger partial charge in [0.1, 0.15) is 24.4 Å². The van der Waals surface area contributed by atoms with Gasteiger partial charge in [0.15, 0.2) is 6.23 Å². The zero-order chi connectivity index (χ0) is 15.7. The highest BCUT2D eigenvalue weighted by Crippen LogP contribution is 2.27. The topological polar surface area (TPSA) is 102 Å². The van der Waals surface area contributed by atoms with Crippen LogP contribution in [0.25, 0.3) is 10.8 Å². The van der Waals surface area contributed by atoms with Crippen LogP contribution in [0.15, 0.2) is 42.5 Å². The van der Waals surface area contributed by atoms with Crippen LogP contribution in [0.1, 0.15) is 0 Å². The van der Waals surface area contributed by atoms with Crippen molar-refractivity contribution >= 4 is 16.5 Å². The van der Waals surface area contributed by atoms with E-state index in [4.69, 9.17) is 4.74 Å². The van der Waals surface area contributed by atoms with Gasteiger partial charge in [0.25, 0.3) is 0 Å². The number of rotatable bonds is 3. The lowest BCUT2D eigenvalue weighted by atomic mass is 9.98. The minimum atomic E-state index is -1.39. The minimum absolute atomic E-state index is 0.446. The first-order chi connectivity index (χ1) is 10.6. The Hall–Kier alpha value is -1.70. The van der Waals surface area contributed by atoms with Gasteiger partial charge in [-0.3, -0.25) is 0 Å². The molecule has 1 saturated heterocycles. The Morgan fingerprint density at radius 2 is 1.64 bits per heavy atom. The number of hydrogen-bond acceptors (Lipinski definition) is 6. The Kier molecular flexibility index (Phi) is 4.28. The van der Waals surface area contributed by atoms with E-state index in [-0.39, 0.29) is 0 Å². The van der Waals surface area contributed by atoms with Crippen LogP contribution in [0, 0.1) is 0 Å². The highest BCUT2D eigenvalue weighted by molar-refractivity contribution is 5.93. The first-order valence-corrected chi connectivity index (χ1v) is 7.16. The van der Waals surface area contributed by atoms with Gasteiger partial charge in [0.05, 0.1) is 6.61 Å². The molecule has 1 heterocycles. The average Bonchev–Trinajstić information content (AvgIpc) is 2.55. The third-order valence-corrected chi connectivity index (χ3v) is 3.98.